The summed E-state index contributed by atoms with van der Waals surface area (Å²) in [4.78, 5) is 14.2. The van der Waals surface area contributed by atoms with Crippen LogP contribution in [0.3, 0.4) is 0 Å². The van der Waals surface area contributed by atoms with E-state index >= 15 is 0 Å². The molecule has 0 spiro atoms. The van der Waals surface area contributed by atoms with Crippen LogP contribution >= 0.6 is 0 Å². The van der Waals surface area contributed by atoms with Gasteiger partial charge in [-0.05, 0) is 27.2 Å². The number of aryl methyl sites for hydroxylation is 1. The first-order chi connectivity index (χ1) is 8.54. The summed E-state index contributed by atoms with van der Waals surface area (Å²) in [5.41, 5.74) is 1.92. The molecule has 0 fully saturated rings. The van der Waals surface area contributed by atoms with Gasteiger partial charge in [-0.3, -0.25) is 9.69 Å². The molecule has 0 aliphatic rings. The van der Waals surface area contributed by atoms with Gasteiger partial charge in [-0.1, -0.05) is 29.8 Å². The predicted molar refractivity (Wildman–Crippen MR) is 73.9 cm³/mol. The Balaban J connectivity index is 2.63. The molecule has 1 aromatic carbocycles. The first-order valence-corrected chi connectivity index (χ1v) is 6.49. The molecule has 3 nitrogen and oxygen atoms in total. The summed E-state index contributed by atoms with van der Waals surface area (Å²) in [6.07, 6.45) is 0.708. The van der Waals surface area contributed by atoms with Crippen LogP contribution in [0.4, 0.5) is 0 Å². The number of benzene rings is 1. The maximum atomic E-state index is 12.1. The minimum absolute atomic E-state index is 0.140. The smallest absolute Gasteiger partial charge is 0.176 e. The molecule has 0 saturated heterocycles. The van der Waals surface area contributed by atoms with Crippen molar-refractivity contribution in [3.05, 3.63) is 35.4 Å². The third-order valence-corrected chi connectivity index (χ3v) is 3.05. The second-order valence-electron chi connectivity index (χ2n) is 4.93. The molecule has 1 rings (SSSR count). The number of hydrogen-bond acceptors (Lipinski definition) is 3. The molecule has 0 heterocycles. The van der Waals surface area contributed by atoms with Crippen molar-refractivity contribution in [2.75, 3.05) is 19.7 Å². The lowest BCUT2D eigenvalue weighted by Crippen LogP contribution is -2.36. The van der Waals surface area contributed by atoms with Crippen molar-refractivity contribution in [3.8, 4) is 0 Å². The largest absolute Gasteiger partial charge is 0.396 e. The molecule has 3 heteroatoms. The maximum Gasteiger partial charge on any atom is 0.176 e. The Bertz CT molecular complexity index is 371. The van der Waals surface area contributed by atoms with Crippen LogP contribution in [0.1, 0.15) is 36.2 Å². The lowest BCUT2D eigenvalue weighted by molar-refractivity contribution is 0.0896. The Morgan fingerprint density at radius 2 is 1.89 bits per heavy atom. The molecule has 1 aromatic rings. The van der Waals surface area contributed by atoms with Crippen LogP contribution < -0.4 is 0 Å². The Hall–Kier alpha value is -1.19. The third kappa shape index (κ3) is 4.59. The van der Waals surface area contributed by atoms with E-state index in [4.69, 9.17) is 5.11 Å². The van der Waals surface area contributed by atoms with Crippen LogP contribution in [0, 0.1) is 6.92 Å². The minimum Gasteiger partial charge on any atom is -0.396 e. The summed E-state index contributed by atoms with van der Waals surface area (Å²) >= 11 is 0. The molecular formula is C15H23NO2. The van der Waals surface area contributed by atoms with Gasteiger partial charge in [0.2, 0.25) is 0 Å². The highest BCUT2D eigenvalue weighted by Crippen LogP contribution is 2.07. The number of aliphatic hydroxyl groups is 1. The average Bonchev–Trinajstić information content (AvgIpc) is 2.34. The zero-order valence-corrected chi connectivity index (χ0v) is 11.5. The summed E-state index contributed by atoms with van der Waals surface area (Å²) in [5, 5.41) is 8.87. The third-order valence-electron chi connectivity index (χ3n) is 3.05. The van der Waals surface area contributed by atoms with Crippen molar-refractivity contribution in [1.82, 2.24) is 4.90 Å². The number of aliphatic hydroxyl groups excluding tert-OH is 1. The highest BCUT2D eigenvalue weighted by atomic mass is 16.3. The van der Waals surface area contributed by atoms with Crippen LogP contribution in [0.15, 0.2) is 24.3 Å². The molecule has 0 saturated carbocycles. The Morgan fingerprint density at radius 3 is 2.39 bits per heavy atom. The van der Waals surface area contributed by atoms with Crippen molar-refractivity contribution < 1.29 is 9.90 Å². The highest BCUT2D eigenvalue weighted by Gasteiger charge is 2.14. The van der Waals surface area contributed by atoms with Gasteiger partial charge in [-0.15, -0.1) is 0 Å². The molecule has 0 amide bonds. The van der Waals surface area contributed by atoms with Crippen LogP contribution in [-0.4, -0.2) is 41.5 Å². The topological polar surface area (TPSA) is 40.5 Å². The fourth-order valence-corrected chi connectivity index (χ4v) is 1.81. The molecule has 0 aromatic heterocycles. The van der Waals surface area contributed by atoms with E-state index in [1.165, 1.54) is 0 Å². The van der Waals surface area contributed by atoms with E-state index in [-0.39, 0.29) is 12.4 Å². The van der Waals surface area contributed by atoms with Crippen LogP contribution in [0.2, 0.25) is 0 Å². The molecule has 0 atom stereocenters. The van der Waals surface area contributed by atoms with Gasteiger partial charge in [0.15, 0.2) is 5.78 Å². The number of carbonyl (C=O) groups excluding carboxylic acids is 1. The van der Waals surface area contributed by atoms with Crippen molar-refractivity contribution in [3.63, 3.8) is 0 Å². The van der Waals surface area contributed by atoms with Gasteiger partial charge >= 0.3 is 0 Å². The number of carbonyl (C=O) groups is 1. The van der Waals surface area contributed by atoms with Gasteiger partial charge in [0, 0.05) is 24.8 Å². The molecule has 1 N–H and O–H groups in total. The molecule has 0 aliphatic heterocycles. The fraction of sp³-hybridized carbons (Fsp3) is 0.533. The van der Waals surface area contributed by atoms with E-state index in [9.17, 15) is 4.79 Å². The Labute approximate surface area is 109 Å². The summed E-state index contributed by atoms with van der Waals surface area (Å²) in [7, 11) is 0. The highest BCUT2D eigenvalue weighted by molar-refractivity contribution is 5.97. The van der Waals surface area contributed by atoms with E-state index in [1.54, 1.807) is 0 Å². The number of nitrogens with zero attached hydrogens (tertiary/aromatic N) is 1. The summed E-state index contributed by atoms with van der Waals surface area (Å²) in [6.45, 7) is 7.49. The Morgan fingerprint density at radius 1 is 1.28 bits per heavy atom. The lowest BCUT2D eigenvalue weighted by Gasteiger charge is -2.25. The van der Waals surface area contributed by atoms with E-state index < -0.39 is 0 Å². The van der Waals surface area contributed by atoms with E-state index in [0.29, 0.717) is 19.0 Å². The monoisotopic (exact) mass is 249 g/mol. The first-order valence-electron chi connectivity index (χ1n) is 6.49. The van der Waals surface area contributed by atoms with Gasteiger partial charge in [0.05, 0.1) is 6.54 Å². The van der Waals surface area contributed by atoms with Crippen LogP contribution in [-0.2, 0) is 0 Å². The molecule has 0 radical (unpaired) electrons. The second-order valence-corrected chi connectivity index (χ2v) is 4.93. The van der Waals surface area contributed by atoms with Gasteiger partial charge in [0.25, 0.3) is 0 Å². The molecule has 0 bridgehead atoms. The van der Waals surface area contributed by atoms with E-state index in [1.807, 2.05) is 31.2 Å². The number of Topliss-reactive ketones (excluding diaryl/α,β-unsaturated/α-hetero) is 1. The van der Waals surface area contributed by atoms with E-state index in [2.05, 4.69) is 18.7 Å². The van der Waals surface area contributed by atoms with Gasteiger partial charge in [0.1, 0.15) is 0 Å². The number of hydrogen-bond donors (Lipinski definition) is 1. The van der Waals surface area contributed by atoms with Gasteiger partial charge in [-0.2, -0.15) is 0 Å². The molecule has 0 unspecified atom stereocenters. The molecule has 100 valence electrons. The summed E-state index contributed by atoms with van der Waals surface area (Å²) < 4.78 is 0. The summed E-state index contributed by atoms with van der Waals surface area (Å²) in [5.74, 6) is 0.140. The first kappa shape index (κ1) is 14.9. The van der Waals surface area contributed by atoms with Crippen molar-refractivity contribution >= 4 is 5.78 Å². The van der Waals surface area contributed by atoms with Gasteiger partial charge < -0.3 is 5.11 Å². The Kier molecular flexibility index (Phi) is 6.02. The molecular weight excluding hydrogens is 226 g/mol. The van der Waals surface area contributed by atoms with Crippen molar-refractivity contribution in [1.29, 1.82) is 0 Å². The van der Waals surface area contributed by atoms with Crippen molar-refractivity contribution in [2.45, 2.75) is 33.2 Å². The molecule has 18 heavy (non-hydrogen) atoms. The average molecular weight is 249 g/mol. The van der Waals surface area contributed by atoms with E-state index in [0.717, 1.165) is 17.7 Å². The SMILES string of the molecule is Cc1ccc(C(=O)CN(CCCO)C(C)C)cc1. The number of rotatable bonds is 7. The lowest BCUT2D eigenvalue weighted by atomic mass is 10.1. The fourth-order valence-electron chi connectivity index (χ4n) is 1.81. The predicted octanol–water partition coefficient (Wildman–Crippen LogP) is 2.27. The maximum absolute atomic E-state index is 12.1. The second kappa shape index (κ2) is 7.29. The zero-order chi connectivity index (χ0) is 13.5. The minimum atomic E-state index is 0.140. The zero-order valence-electron chi connectivity index (χ0n) is 11.5. The molecule has 0 aliphatic carbocycles. The number of ketones is 1. The quantitative estimate of drug-likeness (QED) is 0.754. The van der Waals surface area contributed by atoms with Crippen LogP contribution in [0.25, 0.3) is 0 Å². The van der Waals surface area contributed by atoms with Crippen LogP contribution in [0.5, 0.6) is 0 Å². The van der Waals surface area contributed by atoms with Crippen molar-refractivity contribution in [2.24, 2.45) is 0 Å². The normalized spacial score (nSPS) is 11.2. The van der Waals surface area contributed by atoms with Gasteiger partial charge in [-0.25, -0.2) is 0 Å². The summed E-state index contributed by atoms with van der Waals surface area (Å²) in [6, 6.07) is 7.98. The standard InChI is InChI=1S/C15H23NO2/c1-12(2)16(9-4-10-17)11-15(18)14-7-5-13(3)6-8-14/h5-8,12,17H,4,9-11H2,1-3H3.